The van der Waals surface area contributed by atoms with Gasteiger partial charge in [0.1, 0.15) is 18.2 Å². The highest BCUT2D eigenvalue weighted by Crippen LogP contribution is 2.41. The molecule has 3 atom stereocenters. The molecule has 4 aliphatic rings. The Morgan fingerprint density at radius 3 is 2.11 bits per heavy atom. The molecule has 1 unspecified atom stereocenters. The van der Waals surface area contributed by atoms with Crippen LogP contribution in [0.4, 0.5) is 4.39 Å². The van der Waals surface area contributed by atoms with Gasteiger partial charge in [0.15, 0.2) is 0 Å². The number of sulfonamides is 1. The van der Waals surface area contributed by atoms with Crippen LogP contribution in [0.2, 0.25) is 0 Å². The fraction of sp³-hybridized carbons (Fsp3) is 0.649. The van der Waals surface area contributed by atoms with Crippen LogP contribution in [-0.4, -0.2) is 134 Å². The van der Waals surface area contributed by atoms with Crippen LogP contribution in [0.15, 0.2) is 30.6 Å². The van der Waals surface area contributed by atoms with Gasteiger partial charge in [0, 0.05) is 63.4 Å². The topological polar surface area (TPSA) is 191 Å². The largest absolute Gasteiger partial charge is 0.481 e. The number of nitrogens with two attached hydrogens (primary N) is 1. The van der Waals surface area contributed by atoms with E-state index in [0.717, 1.165) is 75.1 Å². The number of hydrogen-bond donors (Lipinski definition) is 3. The van der Waals surface area contributed by atoms with Gasteiger partial charge in [0.25, 0.3) is 5.91 Å². The maximum Gasteiger partial charge on any atom is 0.321 e. The smallest absolute Gasteiger partial charge is 0.321 e. The van der Waals surface area contributed by atoms with E-state index in [1.165, 1.54) is 12.4 Å². The number of carboxylic acids is 2. The highest BCUT2D eigenvalue weighted by Gasteiger charge is 2.45. The first-order chi connectivity index (χ1) is 25.0. The second-order valence-electron chi connectivity index (χ2n) is 15.3. The summed E-state index contributed by atoms with van der Waals surface area (Å²) in [6.45, 7) is 13.5. The average molecular weight is 760 g/mol. The third-order valence-corrected chi connectivity index (χ3v) is 13.9. The van der Waals surface area contributed by atoms with Crippen LogP contribution in [0.3, 0.4) is 0 Å². The van der Waals surface area contributed by atoms with E-state index in [2.05, 4.69) is 33.6 Å². The average Bonchev–Trinajstić information content (AvgIpc) is 3.96. The number of piperazine rings is 1. The van der Waals surface area contributed by atoms with Gasteiger partial charge in [-0.1, -0.05) is 12.1 Å². The number of amides is 1. The Morgan fingerprint density at radius 1 is 0.981 bits per heavy atom. The van der Waals surface area contributed by atoms with Crippen molar-refractivity contribution in [2.75, 3.05) is 45.8 Å². The molecule has 0 radical (unpaired) electrons. The van der Waals surface area contributed by atoms with E-state index < -0.39 is 34.4 Å². The Balaban J connectivity index is 0.000000534. The summed E-state index contributed by atoms with van der Waals surface area (Å²) in [5.41, 5.74) is 7.89. The van der Waals surface area contributed by atoms with E-state index in [-0.39, 0.29) is 40.5 Å². The lowest BCUT2D eigenvalue weighted by molar-refractivity contribution is -0.144. The number of aliphatic carboxylic acids is 2. The molecule has 0 spiro atoms. The maximum absolute atomic E-state index is 14.5. The molecule has 1 saturated carbocycles. The number of aryl methyl sites for hydroxylation is 2. The number of aromatic nitrogens is 2. The Kier molecular flexibility index (Phi) is 12.9. The Bertz CT molecular complexity index is 1720. The maximum atomic E-state index is 14.5. The molecule has 4 heterocycles. The summed E-state index contributed by atoms with van der Waals surface area (Å²) in [7, 11) is -3.18. The van der Waals surface area contributed by atoms with Crippen LogP contribution in [0.5, 0.6) is 0 Å². The zero-order chi connectivity index (χ0) is 38.7. The van der Waals surface area contributed by atoms with E-state index in [4.69, 9.17) is 15.9 Å². The van der Waals surface area contributed by atoms with Gasteiger partial charge in [0.05, 0.1) is 28.6 Å². The molecule has 1 aromatic heterocycles. The van der Waals surface area contributed by atoms with Gasteiger partial charge in [-0.25, -0.2) is 27.1 Å². The van der Waals surface area contributed by atoms with Crippen molar-refractivity contribution in [3.8, 4) is 0 Å². The summed E-state index contributed by atoms with van der Waals surface area (Å²) in [5, 5.41) is 15.8. The molecule has 2 aromatic rings. The number of carboxylic acid groups (broad SMARTS) is 2. The van der Waals surface area contributed by atoms with Crippen molar-refractivity contribution in [1.82, 2.24) is 29.0 Å². The second kappa shape index (κ2) is 16.8. The summed E-state index contributed by atoms with van der Waals surface area (Å²) in [6, 6.07) is 6.00. The summed E-state index contributed by atoms with van der Waals surface area (Å²) in [6.07, 6.45) is 5.92. The van der Waals surface area contributed by atoms with Gasteiger partial charge in [-0.3, -0.25) is 24.2 Å². The van der Waals surface area contributed by atoms with Crippen molar-refractivity contribution in [2.24, 2.45) is 11.7 Å². The van der Waals surface area contributed by atoms with Gasteiger partial charge in [-0.2, -0.15) is 0 Å². The minimum absolute atomic E-state index is 0.00866. The summed E-state index contributed by atoms with van der Waals surface area (Å²) in [4.78, 5) is 48.6. The predicted octanol–water partition coefficient (Wildman–Crippen LogP) is 3.05. The van der Waals surface area contributed by atoms with Crippen LogP contribution >= 0.6 is 0 Å². The second-order valence-corrected chi connectivity index (χ2v) is 17.5. The molecule has 1 aliphatic carbocycles. The van der Waals surface area contributed by atoms with Crippen LogP contribution in [0, 0.1) is 25.6 Å². The minimum atomic E-state index is -3.18. The molecule has 4 N–H and O–H groups in total. The monoisotopic (exact) mass is 759 g/mol. The van der Waals surface area contributed by atoms with Crippen molar-refractivity contribution in [2.45, 2.75) is 102 Å². The fourth-order valence-electron chi connectivity index (χ4n) is 8.17. The molecular formula is C37H54FN7O7S. The van der Waals surface area contributed by atoms with Crippen LogP contribution in [0.25, 0.3) is 0 Å². The van der Waals surface area contributed by atoms with Gasteiger partial charge in [0.2, 0.25) is 10.0 Å². The lowest BCUT2D eigenvalue weighted by Gasteiger charge is -2.54. The van der Waals surface area contributed by atoms with Crippen molar-refractivity contribution < 1.29 is 37.4 Å². The van der Waals surface area contributed by atoms with Crippen molar-refractivity contribution >= 4 is 27.9 Å². The van der Waals surface area contributed by atoms with Gasteiger partial charge < -0.3 is 20.8 Å². The Labute approximate surface area is 311 Å². The molecule has 0 bridgehead atoms. The van der Waals surface area contributed by atoms with Crippen molar-refractivity contribution in [3.05, 3.63) is 58.9 Å². The quantitative estimate of drug-likeness (QED) is 0.322. The molecule has 6 rings (SSSR count). The van der Waals surface area contributed by atoms with E-state index >= 15 is 0 Å². The predicted molar refractivity (Wildman–Crippen MR) is 196 cm³/mol. The molecular weight excluding hydrogens is 706 g/mol. The standard InChI is InChI=1S/C33H47FN6O3S.C4H7NO4/c1-23-21-38(33(4)12-16-37(17-13-33)32(41)30-24(2)35-22-36-25(30)3)18-19-40(23)31(27-6-5-7-28(34)20-27)26-10-14-39(15-11-26)44(42,43)29-8-9-29;5-2(4(8)9)1-3(6)7/h5-7,20,22-23,26,29,31H,8-19,21H2,1-4H3;2H,1,5H2,(H,6,7)(H,8,9)/t23-,31+;/m1./s1. The molecule has 292 valence electrons. The number of carbonyl (C=O) groups is 3. The van der Waals surface area contributed by atoms with Crippen molar-refractivity contribution in [1.29, 1.82) is 0 Å². The van der Waals surface area contributed by atoms with E-state index in [1.807, 2.05) is 24.8 Å². The summed E-state index contributed by atoms with van der Waals surface area (Å²) >= 11 is 0. The molecule has 1 aromatic carbocycles. The van der Waals surface area contributed by atoms with Crippen LogP contribution < -0.4 is 5.73 Å². The number of hydrogen-bond acceptors (Lipinski definition) is 10. The highest BCUT2D eigenvalue weighted by molar-refractivity contribution is 7.90. The van der Waals surface area contributed by atoms with E-state index in [0.29, 0.717) is 31.7 Å². The molecule has 3 aliphatic heterocycles. The summed E-state index contributed by atoms with van der Waals surface area (Å²) in [5.74, 6) is -2.44. The number of piperidine rings is 2. The molecule has 4 fully saturated rings. The first-order valence-electron chi connectivity index (χ1n) is 18.5. The number of benzene rings is 1. The SMILES string of the molecule is Cc1ncnc(C)c1C(=O)N1CCC(C)(N2CCN([C@H](c3cccc(F)c3)C3CCN(S(=O)(=O)C4CC4)CC3)[C@H](C)C2)CC1.NC(CC(=O)O)C(=O)O. The summed E-state index contributed by atoms with van der Waals surface area (Å²) < 4.78 is 42.0. The fourth-order valence-corrected chi connectivity index (χ4v) is 10.0. The zero-order valence-corrected chi connectivity index (χ0v) is 32.0. The first-order valence-corrected chi connectivity index (χ1v) is 20.0. The third kappa shape index (κ3) is 9.57. The van der Waals surface area contributed by atoms with Crippen molar-refractivity contribution in [3.63, 3.8) is 0 Å². The van der Waals surface area contributed by atoms with Crippen LogP contribution in [-0.2, 0) is 19.6 Å². The van der Waals surface area contributed by atoms with E-state index in [9.17, 15) is 27.2 Å². The van der Waals surface area contributed by atoms with Gasteiger partial charge >= 0.3 is 11.9 Å². The normalized spacial score (nSPS) is 23.1. The minimum Gasteiger partial charge on any atom is -0.481 e. The Hall–Kier alpha value is -3.57. The highest BCUT2D eigenvalue weighted by atomic mass is 32.2. The molecule has 1 amide bonds. The lowest BCUT2D eigenvalue weighted by Crippen LogP contribution is -2.63. The van der Waals surface area contributed by atoms with Crippen LogP contribution in [0.1, 0.15) is 92.1 Å². The van der Waals surface area contributed by atoms with E-state index in [1.54, 1.807) is 16.4 Å². The number of halogens is 1. The number of carbonyl (C=O) groups excluding carboxylic acids is 1. The van der Waals surface area contributed by atoms with Gasteiger partial charge in [-0.15, -0.1) is 0 Å². The number of likely N-dealkylation sites (tertiary alicyclic amines) is 1. The first kappa shape index (κ1) is 40.6. The zero-order valence-electron chi connectivity index (χ0n) is 31.2. The molecule has 53 heavy (non-hydrogen) atoms. The Morgan fingerprint density at radius 2 is 1.60 bits per heavy atom. The molecule has 3 saturated heterocycles. The number of rotatable bonds is 10. The molecule has 16 heteroatoms. The lowest BCUT2D eigenvalue weighted by atomic mass is 9.82. The third-order valence-electron chi connectivity index (χ3n) is 11.5. The molecule has 14 nitrogen and oxygen atoms in total. The van der Waals surface area contributed by atoms with Gasteiger partial charge in [-0.05, 0) is 89.8 Å². The number of nitrogens with zero attached hydrogens (tertiary/aromatic N) is 6.